The van der Waals surface area contributed by atoms with Gasteiger partial charge in [-0.2, -0.15) is 0 Å². The molecule has 0 spiro atoms. The number of carbonyl (C=O) groups is 1. The van der Waals surface area contributed by atoms with Crippen LogP contribution in [0.5, 0.6) is 5.75 Å². The maximum Gasteiger partial charge on any atom is 0.173 e. The molecule has 1 aromatic heterocycles. The number of hydrogen-bond donors (Lipinski definition) is 2. The summed E-state index contributed by atoms with van der Waals surface area (Å²) in [5.41, 5.74) is 4.06. The van der Waals surface area contributed by atoms with Crippen molar-refractivity contribution in [3.63, 3.8) is 0 Å². The number of aryl methyl sites for hydroxylation is 2. The summed E-state index contributed by atoms with van der Waals surface area (Å²) in [5.74, 6) is 2.09. The number of halogens is 1. The van der Waals surface area contributed by atoms with Crippen LogP contribution in [0.4, 0.5) is 0 Å². The van der Waals surface area contributed by atoms with Gasteiger partial charge in [0, 0.05) is 16.3 Å². The molecule has 0 radical (unpaired) electrons. The topological polar surface area (TPSA) is 66.8 Å². The zero-order valence-corrected chi connectivity index (χ0v) is 18.6. The van der Waals surface area contributed by atoms with Crippen LogP contribution in [0.3, 0.4) is 0 Å². The molecule has 2 N–H and O–H groups in total. The Balaban J connectivity index is 1.40. The maximum atomic E-state index is 13.0. The third-order valence-corrected chi connectivity index (χ3v) is 8.13. The van der Waals surface area contributed by atoms with Crippen molar-refractivity contribution < 1.29 is 19.7 Å². The summed E-state index contributed by atoms with van der Waals surface area (Å²) in [6.45, 7) is 6.49. The third-order valence-electron chi connectivity index (χ3n) is 6.57. The molecule has 6 heteroatoms. The number of ketones is 1. The van der Waals surface area contributed by atoms with Crippen LogP contribution in [0, 0.1) is 18.3 Å². The van der Waals surface area contributed by atoms with E-state index >= 15 is 0 Å². The highest BCUT2D eigenvalue weighted by molar-refractivity contribution is 7.14. The number of benzene rings is 1. The van der Waals surface area contributed by atoms with Crippen molar-refractivity contribution >= 4 is 28.7 Å². The molecule has 4 nitrogen and oxygen atoms in total. The Bertz CT molecular complexity index is 949. The van der Waals surface area contributed by atoms with Gasteiger partial charge in [-0.25, -0.2) is 0 Å². The molecule has 2 aliphatic rings. The van der Waals surface area contributed by atoms with E-state index in [1.54, 1.807) is 23.5 Å². The molecular formula is C23H27ClO4S. The Labute approximate surface area is 180 Å². The van der Waals surface area contributed by atoms with E-state index in [1.165, 1.54) is 16.0 Å². The quantitative estimate of drug-likeness (QED) is 0.598. The highest BCUT2D eigenvalue weighted by Gasteiger charge is 2.63. The second-order valence-corrected chi connectivity index (χ2v) is 10.4. The summed E-state index contributed by atoms with van der Waals surface area (Å²) in [6.07, 6.45) is 1.15. The molecule has 1 fully saturated rings. The van der Waals surface area contributed by atoms with E-state index in [4.69, 9.17) is 21.4 Å². The number of rotatable bonds is 8. The number of thiophene rings is 1. The van der Waals surface area contributed by atoms with Crippen molar-refractivity contribution in [2.75, 3.05) is 13.2 Å². The van der Waals surface area contributed by atoms with Crippen LogP contribution in [-0.2, 0) is 12.8 Å². The highest BCUT2D eigenvalue weighted by Crippen LogP contribution is 2.71. The van der Waals surface area contributed by atoms with Crippen molar-refractivity contribution in [3.8, 4) is 5.75 Å². The summed E-state index contributed by atoms with van der Waals surface area (Å²) in [5, 5.41) is 18.8. The molecule has 2 aromatic rings. The smallest absolute Gasteiger partial charge is 0.173 e. The lowest BCUT2D eigenvalue weighted by Crippen LogP contribution is -2.21. The lowest BCUT2D eigenvalue weighted by Gasteiger charge is -2.12. The molecule has 0 aliphatic heterocycles. The Kier molecular flexibility index (Phi) is 5.53. The first-order chi connectivity index (χ1) is 13.7. The molecule has 29 heavy (non-hydrogen) atoms. The van der Waals surface area contributed by atoms with Crippen LogP contribution in [-0.4, -0.2) is 35.3 Å². The van der Waals surface area contributed by atoms with E-state index in [0.717, 1.165) is 16.9 Å². The second-order valence-electron chi connectivity index (χ2n) is 8.81. The van der Waals surface area contributed by atoms with Crippen molar-refractivity contribution in [2.45, 2.75) is 52.1 Å². The summed E-state index contributed by atoms with van der Waals surface area (Å²) < 4.78 is 5.41. The molecular weight excluding hydrogens is 408 g/mol. The fourth-order valence-electron chi connectivity index (χ4n) is 4.78. The fourth-order valence-corrected chi connectivity index (χ4v) is 6.25. The van der Waals surface area contributed by atoms with Crippen molar-refractivity contribution in [2.24, 2.45) is 11.3 Å². The third kappa shape index (κ3) is 3.74. The van der Waals surface area contributed by atoms with E-state index in [0.29, 0.717) is 40.9 Å². The van der Waals surface area contributed by atoms with Crippen LogP contribution in [0.1, 0.15) is 57.4 Å². The van der Waals surface area contributed by atoms with Crippen LogP contribution in [0.15, 0.2) is 18.2 Å². The first kappa shape index (κ1) is 20.9. The monoisotopic (exact) mass is 434 g/mol. The first-order valence-electron chi connectivity index (χ1n) is 10.1. The number of aliphatic hydroxyl groups excluding tert-OH is 2. The number of ether oxygens (including phenoxy) is 1. The molecule has 0 unspecified atom stereocenters. The van der Waals surface area contributed by atoms with Crippen LogP contribution in [0.2, 0.25) is 5.02 Å². The van der Waals surface area contributed by atoms with E-state index in [1.807, 2.05) is 6.07 Å². The maximum absolute atomic E-state index is 13.0. The van der Waals surface area contributed by atoms with Gasteiger partial charge in [0.1, 0.15) is 18.5 Å². The molecule has 156 valence electrons. The highest BCUT2D eigenvalue weighted by atomic mass is 35.5. The van der Waals surface area contributed by atoms with Crippen molar-refractivity contribution in [3.05, 3.63) is 49.7 Å². The number of carbonyl (C=O) groups excluding carboxylic acids is 1. The van der Waals surface area contributed by atoms with E-state index in [9.17, 15) is 9.90 Å². The summed E-state index contributed by atoms with van der Waals surface area (Å²) in [4.78, 5) is 15.2. The van der Waals surface area contributed by atoms with Crippen molar-refractivity contribution in [1.82, 2.24) is 0 Å². The van der Waals surface area contributed by atoms with Gasteiger partial charge in [0.2, 0.25) is 0 Å². The van der Waals surface area contributed by atoms with Gasteiger partial charge in [0.25, 0.3) is 0 Å². The number of Topliss-reactive ketones (excluding diaryl/α,β-unsaturated/α-hetero) is 1. The number of fused-ring (bicyclic) bond motifs is 3. The van der Waals surface area contributed by atoms with Gasteiger partial charge >= 0.3 is 0 Å². The minimum absolute atomic E-state index is 0.00624. The van der Waals surface area contributed by atoms with Crippen LogP contribution < -0.4 is 4.74 Å². The van der Waals surface area contributed by atoms with E-state index in [2.05, 4.69) is 20.8 Å². The van der Waals surface area contributed by atoms with Crippen LogP contribution >= 0.6 is 22.9 Å². The molecule has 4 rings (SSSR count). The Morgan fingerprint density at radius 3 is 2.86 bits per heavy atom. The Morgan fingerprint density at radius 2 is 2.17 bits per heavy atom. The molecule has 0 bridgehead atoms. The van der Waals surface area contributed by atoms with Gasteiger partial charge in [-0.1, -0.05) is 31.5 Å². The van der Waals surface area contributed by atoms with Gasteiger partial charge in [-0.3, -0.25) is 4.79 Å². The predicted octanol–water partition coefficient (Wildman–Crippen LogP) is 4.55. The molecule has 3 atom stereocenters. The second kappa shape index (κ2) is 7.69. The van der Waals surface area contributed by atoms with Gasteiger partial charge < -0.3 is 14.9 Å². The number of aliphatic hydroxyl groups is 2. The van der Waals surface area contributed by atoms with Gasteiger partial charge in [-0.15, -0.1) is 11.3 Å². The fraction of sp³-hybridized carbons (Fsp3) is 0.522. The first-order valence-corrected chi connectivity index (χ1v) is 11.3. The summed E-state index contributed by atoms with van der Waals surface area (Å²) in [6, 6.07) is 5.32. The molecule has 1 heterocycles. The van der Waals surface area contributed by atoms with E-state index in [-0.39, 0.29) is 19.0 Å². The zero-order valence-electron chi connectivity index (χ0n) is 17.0. The normalized spacial score (nSPS) is 22.1. The standard InChI is InChI=1S/C23H27ClO4S/c1-12-20-16(9-17-21(20)23(17,2)3)22(29-12)19(27)7-5-13-4-6-15(8-18(13)24)28-11-14(26)10-25/h4,6,8,14,17,21,25-26H,5,7,9-11H2,1-3H3/t14-,17-,21-/m1/s1. The largest absolute Gasteiger partial charge is 0.491 e. The SMILES string of the molecule is Cc1sc(C(=O)CCc2ccc(OC[C@H](O)CO)cc2Cl)c2c1[C@H]1[C@@H](C2)C1(C)C. The summed E-state index contributed by atoms with van der Waals surface area (Å²) in [7, 11) is 0. The minimum atomic E-state index is -0.918. The lowest BCUT2D eigenvalue weighted by molar-refractivity contribution is 0.0536. The van der Waals surface area contributed by atoms with E-state index < -0.39 is 6.10 Å². The van der Waals surface area contributed by atoms with Crippen LogP contribution in [0.25, 0.3) is 0 Å². The van der Waals surface area contributed by atoms with Gasteiger partial charge in [0.05, 0.1) is 11.5 Å². The van der Waals surface area contributed by atoms with Gasteiger partial charge in [-0.05, 0) is 65.8 Å². The Hall–Kier alpha value is -1.40. The molecule has 0 saturated heterocycles. The van der Waals surface area contributed by atoms with Gasteiger partial charge in [0.15, 0.2) is 5.78 Å². The Morgan fingerprint density at radius 1 is 1.41 bits per heavy atom. The molecule has 0 amide bonds. The van der Waals surface area contributed by atoms with Crippen molar-refractivity contribution in [1.29, 1.82) is 0 Å². The minimum Gasteiger partial charge on any atom is -0.491 e. The number of hydrogen-bond acceptors (Lipinski definition) is 5. The average molecular weight is 435 g/mol. The lowest BCUT2D eigenvalue weighted by atomic mass is 9.94. The molecule has 1 aromatic carbocycles. The summed E-state index contributed by atoms with van der Waals surface area (Å²) >= 11 is 8.02. The predicted molar refractivity (Wildman–Crippen MR) is 115 cm³/mol. The zero-order chi connectivity index (χ0) is 20.9. The average Bonchev–Trinajstić information content (AvgIpc) is 3.02. The molecule has 2 aliphatic carbocycles. The molecule has 1 saturated carbocycles.